The number of amides is 1. The van der Waals surface area contributed by atoms with Crippen molar-refractivity contribution in [2.75, 3.05) is 6.61 Å². The molecule has 2 aromatic rings. The summed E-state index contributed by atoms with van der Waals surface area (Å²) >= 11 is 0. The van der Waals surface area contributed by atoms with Gasteiger partial charge in [0.15, 0.2) is 18.1 Å². The lowest BCUT2D eigenvalue weighted by Gasteiger charge is -2.24. The van der Waals surface area contributed by atoms with Crippen LogP contribution in [-0.2, 0) is 16.2 Å². The minimum Gasteiger partial charge on any atom is -0.485 e. The molecule has 6 nitrogen and oxygen atoms in total. The fraction of sp³-hybridized carbons (Fsp3) is 0.300. The van der Waals surface area contributed by atoms with Crippen molar-refractivity contribution in [3.05, 3.63) is 60.2 Å². The highest BCUT2D eigenvalue weighted by atomic mass is 16.5. The standard InChI is InChI=1S/C20H23NO5/c1-3-20(2,19(23)24)21-18(22)14-26-17-12-8-7-11-16(17)25-13-15-9-5-4-6-10-15/h4-12H,3,13-14H2,1-2H3,(H,21,22)(H,23,24). The topological polar surface area (TPSA) is 84.9 Å². The van der Waals surface area contributed by atoms with Crippen LogP contribution in [0, 0.1) is 0 Å². The molecule has 1 atom stereocenters. The maximum atomic E-state index is 12.0. The summed E-state index contributed by atoms with van der Waals surface area (Å²) in [6.45, 7) is 3.24. The van der Waals surface area contributed by atoms with Crippen molar-refractivity contribution < 1.29 is 24.2 Å². The number of carboxylic acid groups (broad SMARTS) is 1. The smallest absolute Gasteiger partial charge is 0.329 e. The highest BCUT2D eigenvalue weighted by molar-refractivity contribution is 5.87. The molecule has 0 spiro atoms. The molecule has 0 aromatic heterocycles. The van der Waals surface area contributed by atoms with Crippen LogP contribution in [0.5, 0.6) is 11.5 Å². The zero-order valence-corrected chi connectivity index (χ0v) is 14.9. The van der Waals surface area contributed by atoms with Gasteiger partial charge < -0.3 is 19.9 Å². The number of aliphatic carboxylic acids is 1. The molecule has 1 unspecified atom stereocenters. The van der Waals surface area contributed by atoms with Gasteiger partial charge in [-0.15, -0.1) is 0 Å². The number of carbonyl (C=O) groups excluding carboxylic acids is 1. The van der Waals surface area contributed by atoms with Crippen LogP contribution in [-0.4, -0.2) is 29.1 Å². The summed E-state index contributed by atoms with van der Waals surface area (Å²) < 4.78 is 11.3. The van der Waals surface area contributed by atoms with Crippen molar-refractivity contribution in [3.8, 4) is 11.5 Å². The van der Waals surface area contributed by atoms with Gasteiger partial charge in [-0.25, -0.2) is 4.79 Å². The number of carboxylic acids is 1. The first-order valence-corrected chi connectivity index (χ1v) is 8.37. The Bertz CT molecular complexity index is 747. The molecule has 0 saturated heterocycles. The zero-order chi connectivity index (χ0) is 19.0. The van der Waals surface area contributed by atoms with Crippen molar-refractivity contribution in [2.45, 2.75) is 32.4 Å². The predicted octanol–water partition coefficient (Wildman–Crippen LogP) is 3.01. The number of para-hydroxylation sites is 2. The molecular weight excluding hydrogens is 334 g/mol. The zero-order valence-electron chi connectivity index (χ0n) is 14.9. The van der Waals surface area contributed by atoms with Crippen LogP contribution in [0.4, 0.5) is 0 Å². The first-order valence-electron chi connectivity index (χ1n) is 8.37. The monoisotopic (exact) mass is 357 g/mol. The van der Waals surface area contributed by atoms with E-state index in [1.54, 1.807) is 25.1 Å². The maximum absolute atomic E-state index is 12.0. The van der Waals surface area contributed by atoms with Crippen LogP contribution in [0.25, 0.3) is 0 Å². The van der Waals surface area contributed by atoms with E-state index in [0.717, 1.165) is 5.56 Å². The number of hydrogen-bond donors (Lipinski definition) is 2. The Morgan fingerprint density at radius 2 is 1.58 bits per heavy atom. The van der Waals surface area contributed by atoms with Gasteiger partial charge >= 0.3 is 5.97 Å². The van der Waals surface area contributed by atoms with Crippen LogP contribution in [0.15, 0.2) is 54.6 Å². The Hall–Kier alpha value is -3.02. The molecule has 0 bridgehead atoms. The second-order valence-corrected chi connectivity index (χ2v) is 6.05. The molecule has 2 aromatic carbocycles. The molecule has 0 aliphatic carbocycles. The Balaban J connectivity index is 1.95. The Kier molecular flexibility index (Phi) is 6.60. The summed E-state index contributed by atoms with van der Waals surface area (Å²) in [4.78, 5) is 23.3. The van der Waals surface area contributed by atoms with E-state index in [4.69, 9.17) is 9.47 Å². The van der Waals surface area contributed by atoms with Crippen molar-refractivity contribution in [2.24, 2.45) is 0 Å². The fourth-order valence-electron chi connectivity index (χ4n) is 2.20. The van der Waals surface area contributed by atoms with E-state index >= 15 is 0 Å². The number of nitrogens with one attached hydrogen (secondary N) is 1. The Labute approximate surface area is 152 Å². The van der Waals surface area contributed by atoms with E-state index in [2.05, 4.69) is 5.32 Å². The molecule has 0 fully saturated rings. The largest absolute Gasteiger partial charge is 0.485 e. The minimum atomic E-state index is -1.32. The molecule has 0 aliphatic rings. The Morgan fingerprint density at radius 3 is 2.15 bits per heavy atom. The van der Waals surface area contributed by atoms with Crippen LogP contribution in [0.1, 0.15) is 25.8 Å². The molecule has 0 aliphatic heterocycles. The molecule has 6 heteroatoms. The van der Waals surface area contributed by atoms with E-state index in [1.807, 2.05) is 36.4 Å². The molecule has 138 valence electrons. The fourth-order valence-corrected chi connectivity index (χ4v) is 2.20. The van der Waals surface area contributed by atoms with Gasteiger partial charge in [-0.1, -0.05) is 49.4 Å². The second-order valence-electron chi connectivity index (χ2n) is 6.05. The van der Waals surface area contributed by atoms with Gasteiger partial charge in [-0.3, -0.25) is 4.79 Å². The lowest BCUT2D eigenvalue weighted by molar-refractivity contribution is -0.147. The van der Waals surface area contributed by atoms with Crippen molar-refractivity contribution in [1.82, 2.24) is 5.32 Å². The summed E-state index contributed by atoms with van der Waals surface area (Å²) in [7, 11) is 0. The average molecular weight is 357 g/mol. The molecule has 2 rings (SSSR count). The van der Waals surface area contributed by atoms with Crippen molar-refractivity contribution >= 4 is 11.9 Å². The van der Waals surface area contributed by atoms with Gasteiger partial charge in [0, 0.05) is 0 Å². The average Bonchev–Trinajstić information content (AvgIpc) is 2.66. The summed E-state index contributed by atoms with van der Waals surface area (Å²) in [6.07, 6.45) is 0.269. The highest BCUT2D eigenvalue weighted by Crippen LogP contribution is 2.27. The number of ether oxygens (including phenoxy) is 2. The third-order valence-electron chi connectivity index (χ3n) is 4.04. The van der Waals surface area contributed by atoms with E-state index in [1.165, 1.54) is 6.92 Å². The lowest BCUT2D eigenvalue weighted by Crippen LogP contribution is -2.53. The van der Waals surface area contributed by atoms with Crippen molar-refractivity contribution in [3.63, 3.8) is 0 Å². The summed E-state index contributed by atoms with van der Waals surface area (Å²) in [5, 5.41) is 11.7. The first-order chi connectivity index (χ1) is 12.4. The molecule has 0 radical (unpaired) electrons. The molecule has 0 heterocycles. The Morgan fingerprint density at radius 1 is 1.00 bits per heavy atom. The summed E-state index contributed by atoms with van der Waals surface area (Å²) in [6, 6.07) is 16.7. The van der Waals surface area contributed by atoms with Gasteiger partial charge in [0.05, 0.1) is 0 Å². The number of rotatable bonds is 9. The van der Waals surface area contributed by atoms with E-state index in [0.29, 0.717) is 18.1 Å². The molecule has 0 saturated carbocycles. The van der Waals surface area contributed by atoms with Gasteiger partial charge in [0.25, 0.3) is 5.91 Å². The third-order valence-corrected chi connectivity index (χ3v) is 4.04. The SMILES string of the molecule is CCC(C)(NC(=O)COc1ccccc1OCc1ccccc1)C(=O)O. The lowest BCUT2D eigenvalue weighted by atomic mass is 9.99. The van der Waals surface area contributed by atoms with Gasteiger partial charge in [-0.2, -0.15) is 0 Å². The molecule has 1 amide bonds. The molecule has 26 heavy (non-hydrogen) atoms. The first kappa shape index (κ1) is 19.3. The van der Waals surface area contributed by atoms with E-state index in [-0.39, 0.29) is 13.0 Å². The van der Waals surface area contributed by atoms with Crippen LogP contribution in [0.2, 0.25) is 0 Å². The van der Waals surface area contributed by atoms with Crippen LogP contribution < -0.4 is 14.8 Å². The number of hydrogen-bond acceptors (Lipinski definition) is 4. The third kappa shape index (κ3) is 5.24. The molecule has 2 N–H and O–H groups in total. The highest BCUT2D eigenvalue weighted by Gasteiger charge is 2.32. The summed E-state index contributed by atoms with van der Waals surface area (Å²) in [5.74, 6) is -0.651. The quantitative estimate of drug-likeness (QED) is 0.721. The normalized spacial score (nSPS) is 12.7. The van der Waals surface area contributed by atoms with E-state index in [9.17, 15) is 14.7 Å². The number of carbonyl (C=O) groups is 2. The van der Waals surface area contributed by atoms with E-state index < -0.39 is 17.4 Å². The van der Waals surface area contributed by atoms with Crippen molar-refractivity contribution in [1.29, 1.82) is 0 Å². The van der Waals surface area contributed by atoms with Gasteiger partial charge in [0.2, 0.25) is 0 Å². The molecular formula is C20H23NO5. The predicted molar refractivity (Wildman–Crippen MR) is 97.2 cm³/mol. The maximum Gasteiger partial charge on any atom is 0.329 e. The minimum absolute atomic E-state index is 0.269. The second kappa shape index (κ2) is 8.89. The van der Waals surface area contributed by atoms with Crippen LogP contribution >= 0.6 is 0 Å². The van der Waals surface area contributed by atoms with Gasteiger partial charge in [0.1, 0.15) is 12.1 Å². The number of benzene rings is 2. The van der Waals surface area contributed by atoms with Gasteiger partial charge in [-0.05, 0) is 31.0 Å². The van der Waals surface area contributed by atoms with Crippen LogP contribution in [0.3, 0.4) is 0 Å². The summed E-state index contributed by atoms with van der Waals surface area (Å²) in [5.41, 5.74) is -0.302.